The van der Waals surface area contributed by atoms with Crippen molar-refractivity contribution < 1.29 is 32.7 Å². The summed E-state index contributed by atoms with van der Waals surface area (Å²) in [7, 11) is -0.291. The second kappa shape index (κ2) is 13.6. The molecule has 0 bridgehead atoms. The Morgan fingerprint density at radius 3 is 2.57 bits per heavy atom. The molecule has 1 aliphatic rings. The highest BCUT2D eigenvalue weighted by molar-refractivity contribution is 7.52. The van der Waals surface area contributed by atoms with E-state index in [9.17, 15) is 14.2 Å². The van der Waals surface area contributed by atoms with Crippen LogP contribution < -0.4 is 19.8 Å². The van der Waals surface area contributed by atoms with E-state index < -0.39 is 19.8 Å². The highest BCUT2D eigenvalue weighted by Gasteiger charge is 2.34. The van der Waals surface area contributed by atoms with Crippen molar-refractivity contribution in [1.29, 1.82) is 0 Å². The molecule has 4 rings (SSSR count). The summed E-state index contributed by atoms with van der Waals surface area (Å²) in [5.41, 5.74) is 1.13. The fourth-order valence-electron chi connectivity index (χ4n) is 4.16. The quantitative estimate of drug-likeness (QED) is 0.216. The number of fused-ring (bicyclic) bond motifs is 1. The normalized spacial score (nSPS) is 18.3. The Hall–Kier alpha value is -3.58. The van der Waals surface area contributed by atoms with E-state index in [4.69, 9.17) is 18.5 Å². The first kappa shape index (κ1) is 31.4. The minimum Gasteiger partial charge on any atom is -0.462 e. The molecule has 228 valence electrons. The van der Waals surface area contributed by atoms with E-state index in [1.807, 2.05) is 23.6 Å². The molecule has 1 unspecified atom stereocenters. The molecule has 1 fully saturated rings. The maximum Gasteiger partial charge on any atom is 0.459 e. The number of nitrogens with zero attached hydrogens (tertiary/aromatic N) is 5. The van der Waals surface area contributed by atoms with Gasteiger partial charge < -0.3 is 23.5 Å². The van der Waals surface area contributed by atoms with Crippen molar-refractivity contribution in [2.45, 2.75) is 52.4 Å². The number of carbonyl (C=O) groups is 2. The molecule has 0 saturated carbocycles. The fourth-order valence-corrected chi connectivity index (χ4v) is 5.45. The zero-order valence-corrected chi connectivity index (χ0v) is 25.5. The van der Waals surface area contributed by atoms with Gasteiger partial charge in [0.25, 0.3) is 0 Å². The summed E-state index contributed by atoms with van der Waals surface area (Å²) in [4.78, 5) is 39.8. The molecule has 42 heavy (non-hydrogen) atoms. The number of ether oxygens (including phenoxy) is 2. The molecule has 1 saturated heterocycles. The molecule has 1 amide bonds. The number of aromatic nitrogens is 4. The van der Waals surface area contributed by atoms with Crippen LogP contribution in [0.1, 0.15) is 40.2 Å². The lowest BCUT2D eigenvalue weighted by atomic mass is 10.2. The first-order valence-corrected chi connectivity index (χ1v) is 15.3. The number of rotatable bonds is 13. The summed E-state index contributed by atoms with van der Waals surface area (Å²) in [6, 6.07) is 8.38. The average molecular weight is 604 g/mol. The van der Waals surface area contributed by atoms with Crippen molar-refractivity contribution in [3.05, 3.63) is 36.7 Å². The van der Waals surface area contributed by atoms with Gasteiger partial charge in [0.2, 0.25) is 11.9 Å². The van der Waals surface area contributed by atoms with E-state index in [0.29, 0.717) is 35.8 Å². The van der Waals surface area contributed by atoms with E-state index >= 15 is 0 Å². The highest BCUT2D eigenvalue weighted by Crippen LogP contribution is 2.45. The Bertz CT molecular complexity index is 1430. The molecule has 3 atom stereocenters. The van der Waals surface area contributed by atoms with Crippen molar-refractivity contribution in [3.63, 3.8) is 0 Å². The molecule has 0 aliphatic carbocycles. The lowest BCUT2D eigenvalue weighted by Gasteiger charge is -2.21. The number of anilines is 2. The van der Waals surface area contributed by atoms with Gasteiger partial charge in [-0.3, -0.25) is 19.4 Å². The van der Waals surface area contributed by atoms with Crippen molar-refractivity contribution in [1.82, 2.24) is 24.6 Å². The number of imidazole rings is 1. The summed E-state index contributed by atoms with van der Waals surface area (Å²) in [6.07, 6.45) is 1.42. The molecule has 1 aliphatic heterocycles. The van der Waals surface area contributed by atoms with Gasteiger partial charge in [-0.15, -0.1) is 0 Å². The van der Waals surface area contributed by atoms with Crippen LogP contribution in [0, 0.1) is 5.92 Å². The molecule has 2 aromatic heterocycles. The SMILES string of the molecule is CC(C)OC(=O)CNP(=O)(OC[C@@H]1C[C@@H](n2cnc3c(N(C)C)nc(NC(=O)C(C)C)nc32)CO1)Oc1ccccc1. The minimum atomic E-state index is -3.97. The zero-order valence-electron chi connectivity index (χ0n) is 24.6. The van der Waals surface area contributed by atoms with Crippen LogP contribution in [0.25, 0.3) is 11.2 Å². The van der Waals surface area contributed by atoms with E-state index in [1.54, 1.807) is 64.4 Å². The summed E-state index contributed by atoms with van der Waals surface area (Å²) in [5.74, 6) is 0.0530. The number of hydrogen-bond donors (Lipinski definition) is 2. The first-order valence-electron chi connectivity index (χ1n) is 13.7. The summed E-state index contributed by atoms with van der Waals surface area (Å²) >= 11 is 0. The second-order valence-corrected chi connectivity index (χ2v) is 12.4. The monoisotopic (exact) mass is 603 g/mol. The largest absolute Gasteiger partial charge is 0.462 e. The Balaban J connectivity index is 1.47. The number of benzene rings is 1. The van der Waals surface area contributed by atoms with Gasteiger partial charge in [-0.25, -0.2) is 14.6 Å². The van der Waals surface area contributed by atoms with Crippen molar-refractivity contribution in [2.24, 2.45) is 5.92 Å². The molecular weight excluding hydrogens is 565 g/mol. The molecule has 3 heterocycles. The molecule has 3 aromatic rings. The van der Waals surface area contributed by atoms with Crippen LogP contribution in [-0.4, -0.2) is 77.5 Å². The maximum atomic E-state index is 13.6. The third-order valence-corrected chi connectivity index (χ3v) is 7.71. The van der Waals surface area contributed by atoms with Crippen LogP contribution in [0.2, 0.25) is 0 Å². The smallest absolute Gasteiger partial charge is 0.459 e. The average Bonchev–Trinajstić information content (AvgIpc) is 3.57. The number of carbonyl (C=O) groups excluding carboxylic acids is 2. The third-order valence-electron chi connectivity index (χ3n) is 6.22. The van der Waals surface area contributed by atoms with Crippen LogP contribution in [-0.2, 0) is 28.2 Å². The van der Waals surface area contributed by atoms with Crippen LogP contribution in [0.15, 0.2) is 36.7 Å². The Morgan fingerprint density at radius 2 is 1.90 bits per heavy atom. The number of para-hydroxylation sites is 1. The van der Waals surface area contributed by atoms with E-state index in [2.05, 4.69) is 25.4 Å². The van der Waals surface area contributed by atoms with Crippen molar-refractivity contribution in [2.75, 3.05) is 44.1 Å². The summed E-state index contributed by atoms with van der Waals surface area (Å²) in [5, 5.41) is 5.36. The topological polar surface area (TPSA) is 159 Å². The molecule has 2 N–H and O–H groups in total. The third kappa shape index (κ3) is 8.03. The maximum absolute atomic E-state index is 13.6. The predicted molar refractivity (Wildman–Crippen MR) is 156 cm³/mol. The van der Waals surface area contributed by atoms with Crippen LogP contribution in [0.5, 0.6) is 5.75 Å². The van der Waals surface area contributed by atoms with Gasteiger partial charge in [0.05, 0.1) is 37.8 Å². The Morgan fingerprint density at radius 1 is 1.17 bits per heavy atom. The molecule has 15 heteroatoms. The second-order valence-electron chi connectivity index (χ2n) is 10.6. The lowest BCUT2D eigenvalue weighted by Crippen LogP contribution is -2.28. The molecule has 14 nitrogen and oxygen atoms in total. The standard InChI is InChI=1S/C27H38N7O7P/c1-17(2)26(36)32-27-30-24(33(5)6)23-25(31-27)34(16-28-23)19-12-21(38-14-19)15-39-42(37,29-13-22(35)40-18(3)4)41-20-10-8-7-9-11-20/h7-11,16-19,21H,12-15H2,1-6H3,(H,29,37)(H,30,31,32,36)/t19-,21+,42?/m1/s1. The predicted octanol–water partition coefficient (Wildman–Crippen LogP) is 3.56. The van der Waals surface area contributed by atoms with E-state index in [0.717, 1.165) is 0 Å². The van der Waals surface area contributed by atoms with Crippen molar-refractivity contribution >= 4 is 42.6 Å². The Labute approximate surface area is 244 Å². The molecule has 0 radical (unpaired) electrons. The highest BCUT2D eigenvalue weighted by atomic mass is 31.2. The molecule has 0 spiro atoms. The number of amides is 1. The van der Waals surface area contributed by atoms with Gasteiger partial charge >= 0.3 is 13.7 Å². The van der Waals surface area contributed by atoms with Gasteiger partial charge in [-0.2, -0.15) is 9.97 Å². The molecule has 1 aromatic carbocycles. The fraction of sp³-hybridized carbons (Fsp3) is 0.519. The summed E-state index contributed by atoms with van der Waals surface area (Å²) < 4.78 is 38.0. The van der Waals surface area contributed by atoms with E-state index in [1.165, 1.54) is 0 Å². The van der Waals surface area contributed by atoms with Gasteiger partial charge in [0.15, 0.2) is 17.0 Å². The van der Waals surface area contributed by atoms with E-state index in [-0.39, 0.29) is 43.1 Å². The van der Waals surface area contributed by atoms with Crippen LogP contribution >= 0.6 is 7.75 Å². The van der Waals surface area contributed by atoms with Gasteiger partial charge in [0.1, 0.15) is 12.3 Å². The Kier molecular flexibility index (Phi) is 10.2. The van der Waals surface area contributed by atoms with Crippen LogP contribution in [0.3, 0.4) is 0 Å². The summed E-state index contributed by atoms with van der Waals surface area (Å²) in [6.45, 7) is 6.93. The van der Waals surface area contributed by atoms with Gasteiger partial charge in [-0.1, -0.05) is 32.0 Å². The number of esters is 1. The lowest BCUT2D eigenvalue weighted by molar-refractivity contribution is -0.146. The molecular formula is C27H38N7O7P. The number of nitrogens with one attached hydrogen (secondary N) is 2. The zero-order chi connectivity index (χ0) is 30.4. The van der Waals surface area contributed by atoms with Crippen LogP contribution in [0.4, 0.5) is 11.8 Å². The van der Waals surface area contributed by atoms with Crippen molar-refractivity contribution in [3.8, 4) is 5.75 Å². The van der Waals surface area contributed by atoms with Gasteiger partial charge in [0, 0.05) is 20.0 Å². The minimum absolute atomic E-state index is 0.0624. The van der Waals surface area contributed by atoms with Gasteiger partial charge in [-0.05, 0) is 32.4 Å². The number of hydrogen-bond acceptors (Lipinski definition) is 11. The first-order chi connectivity index (χ1) is 19.9.